The lowest BCUT2D eigenvalue weighted by molar-refractivity contribution is -0.126. The Hall–Kier alpha value is -3.58. The number of amides is 2. The van der Waals surface area contributed by atoms with E-state index < -0.39 is 6.04 Å². The lowest BCUT2D eigenvalue weighted by atomic mass is 9.93. The summed E-state index contributed by atoms with van der Waals surface area (Å²) in [6, 6.07) is 19.4. The summed E-state index contributed by atoms with van der Waals surface area (Å²) in [6.45, 7) is 7.75. The minimum Gasteiger partial charge on any atom is -0.459 e. The topological polar surface area (TPSA) is 69.0 Å². The first-order valence-electron chi connectivity index (χ1n) is 12.3. The number of piperazine rings is 1. The molecule has 7 nitrogen and oxygen atoms in total. The fraction of sp³-hybridized carbons (Fsp3) is 0.357. The van der Waals surface area contributed by atoms with Gasteiger partial charge in [0.05, 0.1) is 6.26 Å². The van der Waals surface area contributed by atoms with Gasteiger partial charge in [-0.2, -0.15) is 0 Å². The van der Waals surface area contributed by atoms with Crippen LogP contribution in [0.15, 0.2) is 71.3 Å². The van der Waals surface area contributed by atoms with Crippen LogP contribution in [0.2, 0.25) is 0 Å². The number of nitrogens with zero attached hydrogens (tertiary/aromatic N) is 3. The van der Waals surface area contributed by atoms with Crippen LogP contribution in [0.5, 0.6) is 0 Å². The van der Waals surface area contributed by atoms with Crippen LogP contribution >= 0.6 is 0 Å². The molecule has 2 aliphatic heterocycles. The molecule has 2 aromatic carbocycles. The molecule has 0 aliphatic carbocycles. The minimum atomic E-state index is -0.555. The highest BCUT2D eigenvalue weighted by Crippen LogP contribution is 2.25. The van der Waals surface area contributed by atoms with Crippen LogP contribution < -0.4 is 10.2 Å². The summed E-state index contributed by atoms with van der Waals surface area (Å²) in [4.78, 5) is 32.8. The Balaban J connectivity index is 1.17. The molecule has 1 unspecified atom stereocenters. The molecule has 1 fully saturated rings. The summed E-state index contributed by atoms with van der Waals surface area (Å²) < 4.78 is 5.34. The van der Waals surface area contributed by atoms with Gasteiger partial charge in [-0.3, -0.25) is 14.5 Å². The Bertz CT molecular complexity index is 1170. The molecule has 0 saturated carbocycles. The van der Waals surface area contributed by atoms with Crippen molar-refractivity contribution in [1.82, 2.24) is 15.1 Å². The third-order valence-electron chi connectivity index (χ3n) is 7.01. The van der Waals surface area contributed by atoms with E-state index in [0.29, 0.717) is 19.5 Å². The van der Waals surface area contributed by atoms with E-state index in [0.717, 1.165) is 43.9 Å². The van der Waals surface area contributed by atoms with E-state index in [9.17, 15) is 9.59 Å². The van der Waals surface area contributed by atoms with Crippen molar-refractivity contribution < 1.29 is 14.0 Å². The summed E-state index contributed by atoms with van der Waals surface area (Å²) in [6.07, 6.45) is 1.99. The summed E-state index contributed by atoms with van der Waals surface area (Å²) in [7, 11) is 0. The van der Waals surface area contributed by atoms with E-state index >= 15 is 0 Å². The van der Waals surface area contributed by atoms with Gasteiger partial charge in [0.15, 0.2) is 5.76 Å². The fourth-order valence-corrected chi connectivity index (χ4v) is 5.02. The number of carbonyl (C=O) groups excluding carboxylic acids is 2. The molecule has 0 radical (unpaired) electrons. The van der Waals surface area contributed by atoms with Crippen molar-refractivity contribution in [3.63, 3.8) is 0 Å². The Kier molecular flexibility index (Phi) is 6.86. The predicted molar refractivity (Wildman–Crippen MR) is 135 cm³/mol. The van der Waals surface area contributed by atoms with Gasteiger partial charge in [-0.15, -0.1) is 0 Å². The lowest BCUT2D eigenvalue weighted by Crippen LogP contribution is -2.54. The monoisotopic (exact) mass is 472 g/mol. The molecule has 1 saturated heterocycles. The van der Waals surface area contributed by atoms with Crippen LogP contribution in [0.25, 0.3) is 0 Å². The molecule has 3 aromatic rings. The molecule has 1 atom stereocenters. The molecule has 3 heterocycles. The normalized spacial score (nSPS) is 18.3. The van der Waals surface area contributed by atoms with Crippen LogP contribution in [0, 0.1) is 6.92 Å². The van der Waals surface area contributed by atoms with Crippen molar-refractivity contribution in [3.8, 4) is 0 Å². The molecule has 182 valence electrons. The first-order valence-corrected chi connectivity index (χ1v) is 12.3. The summed E-state index contributed by atoms with van der Waals surface area (Å²) >= 11 is 0. The molecule has 0 bridgehead atoms. The third kappa shape index (κ3) is 5.25. The lowest BCUT2D eigenvalue weighted by Gasteiger charge is -2.37. The third-order valence-corrected chi connectivity index (χ3v) is 7.01. The van der Waals surface area contributed by atoms with Gasteiger partial charge in [0.25, 0.3) is 5.91 Å². The van der Waals surface area contributed by atoms with Gasteiger partial charge in [-0.05, 0) is 47.9 Å². The highest BCUT2D eigenvalue weighted by atomic mass is 16.3. The number of aryl methyl sites for hydroxylation is 1. The summed E-state index contributed by atoms with van der Waals surface area (Å²) in [5, 5.41) is 3.09. The van der Waals surface area contributed by atoms with E-state index in [2.05, 4.69) is 46.3 Å². The molecular formula is C28H32N4O3. The van der Waals surface area contributed by atoms with Crippen molar-refractivity contribution in [3.05, 3.63) is 89.4 Å². The SMILES string of the molecule is Cc1cccc(N2CCN(CCNC(=O)C3Cc4ccccc4CN3C(=O)c3ccco3)CC2)c1. The van der Waals surface area contributed by atoms with Gasteiger partial charge in [0, 0.05) is 57.9 Å². The quantitative estimate of drug-likeness (QED) is 0.597. The van der Waals surface area contributed by atoms with E-state index in [-0.39, 0.29) is 17.6 Å². The number of benzene rings is 2. The molecule has 0 spiro atoms. The number of furan rings is 1. The van der Waals surface area contributed by atoms with Crippen molar-refractivity contribution >= 4 is 17.5 Å². The molecular weight excluding hydrogens is 440 g/mol. The Morgan fingerprint density at radius 3 is 2.51 bits per heavy atom. The summed E-state index contributed by atoms with van der Waals surface area (Å²) in [5.74, 6) is -0.108. The van der Waals surface area contributed by atoms with Crippen molar-refractivity contribution in [1.29, 1.82) is 0 Å². The number of anilines is 1. The van der Waals surface area contributed by atoms with E-state index in [1.807, 2.05) is 24.3 Å². The van der Waals surface area contributed by atoms with E-state index in [1.54, 1.807) is 17.0 Å². The van der Waals surface area contributed by atoms with Crippen LogP contribution in [-0.4, -0.2) is 66.9 Å². The van der Waals surface area contributed by atoms with E-state index in [4.69, 9.17) is 4.42 Å². The average molecular weight is 473 g/mol. The van der Waals surface area contributed by atoms with Crippen LogP contribution in [0.3, 0.4) is 0 Å². The fourth-order valence-electron chi connectivity index (χ4n) is 5.02. The molecule has 35 heavy (non-hydrogen) atoms. The molecule has 7 heteroatoms. The van der Waals surface area contributed by atoms with E-state index in [1.165, 1.54) is 17.5 Å². The molecule has 2 aliphatic rings. The average Bonchev–Trinajstić information content (AvgIpc) is 3.43. The van der Waals surface area contributed by atoms with Crippen molar-refractivity contribution in [2.75, 3.05) is 44.2 Å². The first kappa shape index (κ1) is 23.2. The highest BCUT2D eigenvalue weighted by molar-refractivity contribution is 5.96. The largest absolute Gasteiger partial charge is 0.459 e. The number of rotatable bonds is 6. The number of hydrogen-bond donors (Lipinski definition) is 1. The maximum atomic E-state index is 13.2. The maximum Gasteiger partial charge on any atom is 0.290 e. The van der Waals surface area contributed by atoms with Gasteiger partial charge < -0.3 is 19.5 Å². The molecule has 5 rings (SSSR count). The standard InChI is InChI=1S/C28H32N4O3/c1-21-6-4-9-24(18-21)31-15-13-30(14-16-31)12-11-29-27(33)25-19-22-7-2-3-8-23(22)20-32(25)28(34)26-10-5-17-35-26/h2-10,17-18,25H,11-16,19-20H2,1H3,(H,29,33). The van der Waals surface area contributed by atoms with Crippen LogP contribution in [-0.2, 0) is 17.8 Å². The smallest absolute Gasteiger partial charge is 0.290 e. The van der Waals surface area contributed by atoms with Gasteiger partial charge in [0.1, 0.15) is 6.04 Å². The zero-order chi connectivity index (χ0) is 24.2. The Morgan fingerprint density at radius 1 is 0.971 bits per heavy atom. The zero-order valence-corrected chi connectivity index (χ0v) is 20.2. The second-order valence-electron chi connectivity index (χ2n) is 9.36. The number of nitrogens with one attached hydrogen (secondary N) is 1. The Labute approximate surface area is 206 Å². The number of hydrogen-bond acceptors (Lipinski definition) is 5. The number of fused-ring (bicyclic) bond motifs is 1. The molecule has 1 aromatic heterocycles. The van der Waals surface area contributed by atoms with Crippen LogP contribution in [0.1, 0.15) is 27.2 Å². The van der Waals surface area contributed by atoms with Gasteiger partial charge >= 0.3 is 0 Å². The zero-order valence-electron chi connectivity index (χ0n) is 20.2. The predicted octanol–water partition coefficient (Wildman–Crippen LogP) is 3.09. The van der Waals surface area contributed by atoms with Gasteiger partial charge in [-0.25, -0.2) is 0 Å². The van der Waals surface area contributed by atoms with Gasteiger partial charge in [0.2, 0.25) is 5.91 Å². The summed E-state index contributed by atoms with van der Waals surface area (Å²) in [5.41, 5.74) is 4.74. The van der Waals surface area contributed by atoms with Crippen molar-refractivity contribution in [2.24, 2.45) is 0 Å². The number of carbonyl (C=O) groups is 2. The van der Waals surface area contributed by atoms with Crippen molar-refractivity contribution in [2.45, 2.75) is 25.9 Å². The second kappa shape index (κ2) is 10.4. The highest BCUT2D eigenvalue weighted by Gasteiger charge is 2.35. The minimum absolute atomic E-state index is 0.113. The van der Waals surface area contributed by atoms with Crippen LogP contribution in [0.4, 0.5) is 5.69 Å². The maximum absolute atomic E-state index is 13.2. The Morgan fingerprint density at radius 2 is 1.77 bits per heavy atom. The molecule has 1 N–H and O–H groups in total. The van der Waals surface area contributed by atoms with Gasteiger partial charge in [-0.1, -0.05) is 36.4 Å². The molecule has 2 amide bonds. The first-order chi connectivity index (χ1) is 17.1. The second-order valence-corrected chi connectivity index (χ2v) is 9.36.